The van der Waals surface area contributed by atoms with Crippen LogP contribution in [-0.4, -0.2) is 15.0 Å². The van der Waals surface area contributed by atoms with Crippen molar-refractivity contribution in [2.75, 3.05) is 0 Å². The molecule has 0 fully saturated rings. The van der Waals surface area contributed by atoms with Crippen molar-refractivity contribution in [2.24, 2.45) is 4.40 Å². The van der Waals surface area contributed by atoms with Gasteiger partial charge in [-0.2, -0.15) is 0 Å². The summed E-state index contributed by atoms with van der Waals surface area (Å²) in [5.41, 5.74) is 2.51. The molecule has 0 aliphatic carbocycles. The summed E-state index contributed by atoms with van der Waals surface area (Å²) in [6.07, 6.45) is 0. The van der Waals surface area contributed by atoms with Crippen LogP contribution >= 0.6 is 22.9 Å². The molecular weight excluding hydrogens is 382 g/mol. The fourth-order valence-electron chi connectivity index (χ4n) is 2.61. The first kappa shape index (κ1) is 19.3. The number of nitrogens with zero attached hydrogens (tertiary/aromatic N) is 1. The van der Waals surface area contributed by atoms with E-state index in [0.717, 1.165) is 26.6 Å². The number of thiophene rings is 1. The lowest BCUT2D eigenvalue weighted by Crippen LogP contribution is -2.26. The SMILES string of the molecule is CC#Cc1ccc2sc3cc(Cl)c(/C(C)=N/[S@+]([O-])C(C)(C)C)cc3c2c1. The molecule has 0 spiro atoms. The molecule has 5 heteroatoms. The molecule has 3 rings (SSSR count). The lowest BCUT2D eigenvalue weighted by molar-refractivity contribution is 0.561. The Hall–Kier alpha value is -1.51. The first-order chi connectivity index (χ1) is 12.2. The molecule has 134 valence electrons. The topological polar surface area (TPSA) is 35.4 Å². The molecule has 0 saturated heterocycles. The molecule has 0 unspecified atom stereocenters. The van der Waals surface area contributed by atoms with Gasteiger partial charge >= 0.3 is 0 Å². The summed E-state index contributed by atoms with van der Waals surface area (Å²) in [6, 6.07) is 10.3. The summed E-state index contributed by atoms with van der Waals surface area (Å²) in [4.78, 5) is 0. The molecule has 26 heavy (non-hydrogen) atoms. The average Bonchev–Trinajstić information content (AvgIpc) is 2.90. The van der Waals surface area contributed by atoms with Crippen LogP contribution in [0.15, 0.2) is 34.7 Å². The molecule has 0 aliphatic heterocycles. The van der Waals surface area contributed by atoms with E-state index in [1.807, 2.05) is 46.8 Å². The Morgan fingerprint density at radius 3 is 2.50 bits per heavy atom. The highest BCUT2D eigenvalue weighted by atomic mass is 35.5. The van der Waals surface area contributed by atoms with Gasteiger partial charge in [0.25, 0.3) is 0 Å². The molecule has 0 bridgehead atoms. The second-order valence-electron chi connectivity index (χ2n) is 7.05. The van der Waals surface area contributed by atoms with Gasteiger partial charge in [-0.25, -0.2) is 0 Å². The van der Waals surface area contributed by atoms with E-state index >= 15 is 0 Å². The van der Waals surface area contributed by atoms with Gasteiger partial charge < -0.3 is 4.55 Å². The van der Waals surface area contributed by atoms with E-state index in [1.54, 1.807) is 11.3 Å². The zero-order valence-electron chi connectivity index (χ0n) is 15.4. The van der Waals surface area contributed by atoms with Crippen molar-refractivity contribution >= 4 is 60.2 Å². The molecule has 1 atom stereocenters. The molecule has 2 aromatic carbocycles. The summed E-state index contributed by atoms with van der Waals surface area (Å²) >= 11 is 6.90. The second kappa shape index (κ2) is 7.25. The van der Waals surface area contributed by atoms with Crippen LogP contribution in [0.5, 0.6) is 0 Å². The van der Waals surface area contributed by atoms with Crippen LogP contribution in [0, 0.1) is 11.8 Å². The first-order valence-electron chi connectivity index (χ1n) is 8.27. The quantitative estimate of drug-likeness (QED) is 0.280. The largest absolute Gasteiger partial charge is 0.591 e. The molecular formula is C21H20ClNOS2. The van der Waals surface area contributed by atoms with Crippen molar-refractivity contribution in [3.05, 3.63) is 46.5 Å². The third-order valence-corrected chi connectivity index (χ3v) is 6.90. The highest BCUT2D eigenvalue weighted by Crippen LogP contribution is 2.37. The van der Waals surface area contributed by atoms with Gasteiger partial charge in [0, 0.05) is 31.3 Å². The van der Waals surface area contributed by atoms with Crippen LogP contribution < -0.4 is 0 Å². The zero-order valence-corrected chi connectivity index (χ0v) is 17.8. The maximum atomic E-state index is 12.4. The normalized spacial score (nSPS) is 13.7. The third-order valence-electron chi connectivity index (χ3n) is 3.96. The van der Waals surface area contributed by atoms with E-state index in [0.29, 0.717) is 10.7 Å². The Labute approximate surface area is 166 Å². The number of hydrogen-bond acceptors (Lipinski definition) is 3. The predicted molar refractivity (Wildman–Crippen MR) is 117 cm³/mol. The molecule has 3 aromatic rings. The van der Waals surface area contributed by atoms with Crippen LogP contribution in [0.4, 0.5) is 0 Å². The van der Waals surface area contributed by atoms with Gasteiger partial charge in [0.2, 0.25) is 0 Å². The van der Waals surface area contributed by atoms with Crippen molar-refractivity contribution in [3.63, 3.8) is 0 Å². The second-order valence-corrected chi connectivity index (χ2v) is 10.5. The van der Waals surface area contributed by atoms with Crippen molar-refractivity contribution in [3.8, 4) is 11.8 Å². The van der Waals surface area contributed by atoms with Crippen molar-refractivity contribution < 1.29 is 4.55 Å². The molecule has 0 N–H and O–H groups in total. The average molecular weight is 402 g/mol. The van der Waals surface area contributed by atoms with E-state index in [9.17, 15) is 4.55 Å². The summed E-state index contributed by atoms with van der Waals surface area (Å²) in [7, 11) is 0. The van der Waals surface area contributed by atoms with E-state index in [2.05, 4.69) is 34.4 Å². The lowest BCUT2D eigenvalue weighted by atomic mass is 10.1. The third kappa shape index (κ3) is 3.77. The number of fused-ring (bicyclic) bond motifs is 3. The van der Waals surface area contributed by atoms with E-state index in [1.165, 1.54) is 4.70 Å². The highest BCUT2D eigenvalue weighted by Gasteiger charge is 2.27. The van der Waals surface area contributed by atoms with E-state index in [-0.39, 0.29) is 0 Å². The summed E-state index contributed by atoms with van der Waals surface area (Å²) < 4.78 is 18.7. The fraction of sp³-hybridized carbons (Fsp3) is 0.286. The summed E-state index contributed by atoms with van der Waals surface area (Å²) in [6.45, 7) is 9.43. The maximum absolute atomic E-state index is 12.4. The summed E-state index contributed by atoms with van der Waals surface area (Å²) in [5, 5.41) is 2.91. The highest BCUT2D eigenvalue weighted by molar-refractivity contribution is 7.91. The van der Waals surface area contributed by atoms with Gasteiger partial charge in [0.15, 0.2) is 0 Å². The lowest BCUT2D eigenvalue weighted by Gasteiger charge is -2.19. The minimum atomic E-state index is -1.32. The molecule has 0 radical (unpaired) electrons. The van der Waals surface area contributed by atoms with Crippen molar-refractivity contribution in [1.29, 1.82) is 0 Å². The molecule has 0 amide bonds. The van der Waals surface area contributed by atoms with E-state index < -0.39 is 16.1 Å². The minimum absolute atomic E-state index is 0.402. The number of halogens is 1. The fourth-order valence-corrected chi connectivity index (χ4v) is 4.70. The molecule has 1 heterocycles. The Kier molecular flexibility index (Phi) is 5.37. The van der Waals surface area contributed by atoms with Crippen LogP contribution in [0.3, 0.4) is 0 Å². The van der Waals surface area contributed by atoms with Gasteiger partial charge in [0.05, 0.1) is 10.7 Å². The number of rotatable bonds is 2. The number of hydrogen-bond donors (Lipinski definition) is 0. The van der Waals surface area contributed by atoms with Crippen LogP contribution in [0.2, 0.25) is 5.02 Å². The zero-order chi connectivity index (χ0) is 19.1. The van der Waals surface area contributed by atoms with Crippen LogP contribution in [0.1, 0.15) is 45.7 Å². The molecule has 0 saturated carbocycles. The predicted octanol–water partition coefficient (Wildman–Crippen LogP) is 6.35. The Morgan fingerprint density at radius 1 is 1.15 bits per heavy atom. The van der Waals surface area contributed by atoms with E-state index in [4.69, 9.17) is 11.6 Å². The summed E-state index contributed by atoms with van der Waals surface area (Å²) in [5.74, 6) is 6.05. The number of benzene rings is 2. The Balaban J connectivity index is 2.19. The van der Waals surface area contributed by atoms with Crippen LogP contribution in [-0.2, 0) is 11.4 Å². The van der Waals surface area contributed by atoms with Gasteiger partial charge in [0.1, 0.15) is 16.1 Å². The monoisotopic (exact) mass is 401 g/mol. The first-order valence-corrected chi connectivity index (χ1v) is 10.6. The molecule has 1 aromatic heterocycles. The Bertz CT molecular complexity index is 1080. The van der Waals surface area contributed by atoms with Gasteiger partial charge in [-0.15, -0.1) is 17.3 Å². The van der Waals surface area contributed by atoms with Gasteiger partial charge in [-0.1, -0.05) is 21.9 Å². The van der Waals surface area contributed by atoms with Crippen molar-refractivity contribution in [2.45, 2.75) is 39.4 Å². The molecule has 2 nitrogen and oxygen atoms in total. The van der Waals surface area contributed by atoms with Gasteiger partial charge in [-0.05, 0) is 65.0 Å². The molecule has 0 aliphatic rings. The standard InChI is InChI=1S/C21H20ClNOS2/c1-6-7-14-8-9-19-16(10-14)17-11-15(18(22)12-20(17)25-19)13(2)23-26(24)21(3,4)5/h8-12H,1-5H3/b23-13+/t26-/m1/s1. The van der Waals surface area contributed by atoms with Gasteiger partial charge in [-0.3, -0.25) is 0 Å². The smallest absolute Gasteiger partial charge is 0.144 e. The van der Waals surface area contributed by atoms with Crippen molar-refractivity contribution in [1.82, 2.24) is 0 Å². The minimum Gasteiger partial charge on any atom is -0.591 e. The van der Waals surface area contributed by atoms with Crippen LogP contribution in [0.25, 0.3) is 20.2 Å². The maximum Gasteiger partial charge on any atom is 0.144 e. The Morgan fingerprint density at radius 2 is 1.85 bits per heavy atom.